The molecule has 0 amide bonds. The Bertz CT molecular complexity index is 1640. The first-order chi connectivity index (χ1) is 41.0. The summed E-state index contributed by atoms with van der Waals surface area (Å²) >= 11 is 0. The van der Waals surface area contributed by atoms with Gasteiger partial charge in [0, 0.05) is 32.0 Å². The molecule has 23 nitrogen and oxygen atoms in total. The van der Waals surface area contributed by atoms with Crippen molar-refractivity contribution in [2.75, 3.05) is 226 Å². The number of ether oxygens (including phenoxy) is 18. The molecule has 2 atom stereocenters. The van der Waals surface area contributed by atoms with E-state index >= 15 is 0 Å². The minimum atomic E-state index is -2.80. The van der Waals surface area contributed by atoms with Crippen LogP contribution in [0, 0.1) is 5.92 Å². The molecule has 0 aromatic rings. The second-order valence-electron chi connectivity index (χ2n) is 22.1. The van der Waals surface area contributed by atoms with Gasteiger partial charge in [0.1, 0.15) is 0 Å². The van der Waals surface area contributed by atoms with Gasteiger partial charge in [0.25, 0.3) is 0 Å². The Morgan fingerprint density at radius 3 is 0.907 bits per heavy atom. The Labute approximate surface area is 523 Å². The van der Waals surface area contributed by atoms with Gasteiger partial charge in [-0.05, 0) is 103 Å². The van der Waals surface area contributed by atoms with Crippen LogP contribution >= 0.6 is 0 Å². The fourth-order valence-corrected chi connectivity index (χ4v) is 27.8. The fraction of sp³-hybridized carbons (Fsp3) is 0.864. The Balaban J connectivity index is 0. The van der Waals surface area contributed by atoms with Gasteiger partial charge < -0.3 is 97.6 Å². The number of carbonyl (C=O) groups is 2. The van der Waals surface area contributed by atoms with E-state index in [-0.39, 0.29) is 17.9 Å². The number of esters is 2. The standard InChI is InChI=1S/C40H82O15Si4.C19H38O8/c1-36(2)39(41)51-16-14-32-56(7,8)53-58(11,12)55-59(13,54-57(9,10)33-15-17-52-40(42)37(3)4)35-38(5)34-50-31-30-49-29-28-48-27-26-47-25-24-46-23-22-45-21-20-44-19-18-43-6;1-19(2)18-27-17-16-26-15-14-25-13-12-24-11-10-23-9-8-22-7-6-21-5-4-20-3/h38H,1,3,14-35H2,2,4-13H3;1,4-18H2,2-3H3. The van der Waals surface area contributed by atoms with Crippen molar-refractivity contribution in [3.63, 3.8) is 0 Å². The fourth-order valence-electron chi connectivity index (χ4n) is 7.72. The molecule has 0 radical (unpaired) electrons. The van der Waals surface area contributed by atoms with Gasteiger partial charge in [-0.1, -0.05) is 32.2 Å². The topological polar surface area (TPSA) is 228 Å². The van der Waals surface area contributed by atoms with Crippen molar-refractivity contribution < 1.29 is 107 Å². The van der Waals surface area contributed by atoms with E-state index in [9.17, 15) is 9.59 Å². The molecule has 0 bridgehead atoms. The summed E-state index contributed by atoms with van der Waals surface area (Å²) in [6, 6.07) is 2.37. The molecule has 27 heteroatoms. The van der Waals surface area contributed by atoms with Crippen LogP contribution < -0.4 is 0 Å². The molecule has 0 aliphatic rings. The van der Waals surface area contributed by atoms with Crippen LogP contribution in [-0.4, -0.2) is 271 Å². The molecule has 2 unspecified atom stereocenters. The molecule has 0 aromatic heterocycles. The SMILES string of the molecule is C=C(C)C(=O)OCCC[Si](C)(C)O[Si](C)(C)O[Si](C)(CC(C)COCCOCCOCCOCCOCCOCCOCCOC)O[Si](C)(C)CCCOC(=O)C(=C)C.C=C(C)COCCOCCOCCOCCOCCOCCOCCOC. The Hall–Kier alpha value is -1.73. The number of methoxy groups -OCH3 is 2. The highest BCUT2D eigenvalue weighted by Gasteiger charge is 2.46. The lowest BCUT2D eigenvalue weighted by molar-refractivity contribution is -0.139. The smallest absolute Gasteiger partial charge is 0.333 e. The predicted molar refractivity (Wildman–Crippen MR) is 342 cm³/mol. The van der Waals surface area contributed by atoms with Gasteiger partial charge in [-0.25, -0.2) is 9.59 Å². The molecule has 0 spiro atoms. The Morgan fingerprint density at radius 1 is 0.360 bits per heavy atom. The van der Waals surface area contributed by atoms with Gasteiger partial charge in [-0.15, -0.1) is 0 Å². The van der Waals surface area contributed by atoms with E-state index < -0.39 is 33.8 Å². The number of carbonyl (C=O) groups excluding carboxylic acids is 2. The summed E-state index contributed by atoms with van der Waals surface area (Å²) in [5, 5.41) is 0. The van der Waals surface area contributed by atoms with Crippen LogP contribution in [0.1, 0.15) is 40.5 Å². The molecule has 0 saturated heterocycles. The summed E-state index contributed by atoms with van der Waals surface area (Å²) in [5.74, 6) is -0.574. The molecular weight excluding hydrogens is 1190 g/mol. The van der Waals surface area contributed by atoms with Crippen molar-refractivity contribution in [2.24, 2.45) is 5.92 Å². The molecule has 0 heterocycles. The molecule has 0 rings (SSSR count). The first kappa shape index (κ1) is 86.3. The highest BCUT2D eigenvalue weighted by atomic mass is 28.5. The summed E-state index contributed by atoms with van der Waals surface area (Å²) in [6.45, 7) is 50.2. The van der Waals surface area contributed by atoms with Crippen molar-refractivity contribution in [3.8, 4) is 0 Å². The Kier molecular flexibility index (Phi) is 58.6. The summed E-state index contributed by atoms with van der Waals surface area (Å²) in [6.07, 6.45) is 1.42. The first-order valence-electron chi connectivity index (χ1n) is 30.5. The molecule has 0 aliphatic carbocycles. The predicted octanol–water partition coefficient (Wildman–Crippen LogP) is 7.96. The Morgan fingerprint density at radius 2 is 0.628 bits per heavy atom. The van der Waals surface area contributed by atoms with E-state index in [0.717, 1.165) is 23.7 Å². The van der Waals surface area contributed by atoms with Crippen LogP contribution in [0.3, 0.4) is 0 Å². The second-order valence-corrected chi connectivity index (χ2v) is 38.1. The minimum absolute atomic E-state index is 0.171. The van der Waals surface area contributed by atoms with Crippen LogP contribution in [0.2, 0.25) is 64.0 Å². The van der Waals surface area contributed by atoms with Crippen molar-refractivity contribution in [1.82, 2.24) is 0 Å². The lowest BCUT2D eigenvalue weighted by Gasteiger charge is -2.43. The van der Waals surface area contributed by atoms with Crippen LogP contribution in [0.4, 0.5) is 0 Å². The third kappa shape index (κ3) is 62.5. The third-order valence-electron chi connectivity index (χ3n) is 11.3. The van der Waals surface area contributed by atoms with E-state index in [1.807, 2.05) is 6.92 Å². The molecule has 0 aliphatic heterocycles. The third-order valence-corrected chi connectivity index (χ3v) is 27.6. The molecule has 0 N–H and O–H groups in total. The van der Waals surface area contributed by atoms with Crippen LogP contribution in [-0.2, 0) is 107 Å². The average Bonchev–Trinajstić information content (AvgIpc) is 1.50. The maximum Gasteiger partial charge on any atom is 0.333 e. The zero-order chi connectivity index (χ0) is 64.5. The van der Waals surface area contributed by atoms with Gasteiger partial charge in [0.05, 0.1) is 205 Å². The summed E-state index contributed by atoms with van der Waals surface area (Å²) in [5.41, 5.74) is 1.79. The molecular formula is C59H120O23Si4. The van der Waals surface area contributed by atoms with E-state index in [4.69, 9.17) is 97.6 Å². The molecule has 86 heavy (non-hydrogen) atoms. The average molecular weight is 1310 g/mol. The van der Waals surface area contributed by atoms with Crippen molar-refractivity contribution >= 4 is 45.7 Å². The zero-order valence-corrected chi connectivity index (χ0v) is 59.8. The maximum atomic E-state index is 11.9. The molecule has 0 aromatic carbocycles. The van der Waals surface area contributed by atoms with Crippen LogP contribution in [0.15, 0.2) is 36.5 Å². The van der Waals surface area contributed by atoms with Gasteiger partial charge in [0.2, 0.25) is 0 Å². The first-order valence-corrected chi connectivity index (χ1v) is 42.0. The monoisotopic (exact) mass is 1310 g/mol. The highest BCUT2D eigenvalue weighted by molar-refractivity contribution is 6.89. The highest BCUT2D eigenvalue weighted by Crippen LogP contribution is 2.32. The lowest BCUT2D eigenvalue weighted by atomic mass is 10.2. The van der Waals surface area contributed by atoms with E-state index in [1.54, 1.807) is 28.1 Å². The van der Waals surface area contributed by atoms with Gasteiger partial charge >= 0.3 is 29.1 Å². The summed E-state index contributed by atoms with van der Waals surface area (Å²) in [4.78, 5) is 23.7. The lowest BCUT2D eigenvalue weighted by Crippen LogP contribution is -2.58. The van der Waals surface area contributed by atoms with E-state index in [2.05, 4.69) is 72.5 Å². The van der Waals surface area contributed by atoms with Gasteiger partial charge in [0.15, 0.2) is 16.6 Å². The van der Waals surface area contributed by atoms with Crippen molar-refractivity contribution in [1.29, 1.82) is 0 Å². The zero-order valence-electron chi connectivity index (χ0n) is 55.8. The molecule has 0 fully saturated rings. The molecule has 510 valence electrons. The van der Waals surface area contributed by atoms with Crippen molar-refractivity contribution in [3.05, 3.63) is 36.5 Å². The number of hydrogen-bond acceptors (Lipinski definition) is 23. The van der Waals surface area contributed by atoms with Gasteiger partial charge in [-0.3, -0.25) is 0 Å². The quantitative estimate of drug-likeness (QED) is 0.0185. The van der Waals surface area contributed by atoms with E-state index in [0.29, 0.717) is 235 Å². The van der Waals surface area contributed by atoms with E-state index in [1.165, 1.54) is 0 Å². The largest absolute Gasteiger partial charge is 0.462 e. The number of hydrogen-bond donors (Lipinski definition) is 0. The second kappa shape index (κ2) is 58.4. The van der Waals surface area contributed by atoms with Gasteiger partial charge in [-0.2, -0.15) is 0 Å². The molecule has 0 saturated carbocycles. The normalized spacial score (nSPS) is 13.0. The summed E-state index contributed by atoms with van der Waals surface area (Å²) in [7, 11) is -6.59. The van der Waals surface area contributed by atoms with Crippen molar-refractivity contribution in [2.45, 2.75) is 104 Å². The van der Waals surface area contributed by atoms with Crippen LogP contribution in [0.5, 0.6) is 0 Å². The number of rotatable bonds is 64. The van der Waals surface area contributed by atoms with Crippen LogP contribution in [0.25, 0.3) is 0 Å². The minimum Gasteiger partial charge on any atom is -0.462 e. The summed E-state index contributed by atoms with van der Waals surface area (Å²) < 4.78 is 118. The maximum absolute atomic E-state index is 11.9.